The molecule has 5 unspecified atom stereocenters. The minimum atomic E-state index is -0.686. The Bertz CT molecular complexity index is 447. The molecular formula is C11H11NO6. The summed E-state index contributed by atoms with van der Waals surface area (Å²) in [7, 11) is 0. The summed E-state index contributed by atoms with van der Waals surface area (Å²) < 4.78 is 8.98. The average molecular weight is 253 g/mol. The number of carbonyl (C=O) groups excluding carboxylic acids is 4. The van der Waals surface area contributed by atoms with Crippen LogP contribution in [0.25, 0.3) is 0 Å². The van der Waals surface area contributed by atoms with E-state index in [1.807, 2.05) is 0 Å². The van der Waals surface area contributed by atoms with Crippen molar-refractivity contribution in [1.29, 1.82) is 0 Å². The first-order valence-electron chi connectivity index (χ1n) is 5.79. The topological polar surface area (TPSA) is 90.0 Å². The van der Waals surface area contributed by atoms with E-state index in [1.165, 1.54) is 0 Å². The second-order valence-corrected chi connectivity index (χ2v) is 4.78. The predicted molar refractivity (Wildman–Crippen MR) is 53.8 cm³/mol. The van der Waals surface area contributed by atoms with Crippen LogP contribution in [0.15, 0.2) is 0 Å². The van der Waals surface area contributed by atoms with Gasteiger partial charge in [-0.25, -0.2) is 9.59 Å². The largest absolute Gasteiger partial charge is 0.394 e. The van der Waals surface area contributed by atoms with Gasteiger partial charge in [-0.3, -0.25) is 14.5 Å². The van der Waals surface area contributed by atoms with Gasteiger partial charge in [-0.15, -0.1) is 0 Å². The number of piperidine rings is 3. The van der Waals surface area contributed by atoms with Gasteiger partial charge in [0.2, 0.25) is 0 Å². The zero-order chi connectivity index (χ0) is 12.9. The van der Waals surface area contributed by atoms with Crippen molar-refractivity contribution >= 4 is 24.4 Å². The van der Waals surface area contributed by atoms with Crippen LogP contribution in [0.3, 0.4) is 0 Å². The summed E-state index contributed by atoms with van der Waals surface area (Å²) in [6, 6.07) is -1.32. The van der Waals surface area contributed by atoms with Crippen LogP contribution in [0.4, 0.5) is 0 Å². The van der Waals surface area contributed by atoms with E-state index in [1.54, 1.807) is 4.90 Å². The Kier molecular flexibility index (Phi) is 2.44. The van der Waals surface area contributed by atoms with E-state index in [-0.39, 0.29) is 12.4 Å². The Balaban J connectivity index is 1.89. The molecule has 4 fully saturated rings. The number of ether oxygens (including phenoxy) is 2. The van der Waals surface area contributed by atoms with Gasteiger partial charge in [-0.2, -0.15) is 0 Å². The number of hydrogen-bond donors (Lipinski definition) is 0. The van der Waals surface area contributed by atoms with Gasteiger partial charge >= 0.3 is 24.4 Å². The van der Waals surface area contributed by atoms with Gasteiger partial charge in [0, 0.05) is 6.54 Å². The standard InChI is InChI=1S/C11H11NO6/c13-4-17-9(14)6-3-5-1-2-12(6)8-7(5)10(15)18-11(8)16/h4-8H,1-3H2. The van der Waals surface area contributed by atoms with Crippen LogP contribution in [0, 0.1) is 11.8 Å². The number of carbonyl (C=O) groups is 4. The van der Waals surface area contributed by atoms with E-state index < -0.39 is 35.9 Å². The van der Waals surface area contributed by atoms with Crippen LogP contribution in [-0.2, 0) is 28.7 Å². The number of nitrogens with zero attached hydrogens (tertiary/aromatic N) is 1. The van der Waals surface area contributed by atoms with Crippen molar-refractivity contribution in [2.45, 2.75) is 24.9 Å². The van der Waals surface area contributed by atoms with E-state index in [0.717, 1.165) is 6.42 Å². The maximum Gasteiger partial charge on any atom is 0.331 e. The second-order valence-electron chi connectivity index (χ2n) is 4.78. The van der Waals surface area contributed by atoms with Crippen LogP contribution in [-0.4, -0.2) is 47.9 Å². The summed E-state index contributed by atoms with van der Waals surface area (Å²) in [5.41, 5.74) is 0. The normalized spacial score (nSPS) is 41.2. The minimum absolute atomic E-state index is 0.0526. The number of cyclic esters (lactones) is 2. The van der Waals surface area contributed by atoms with Gasteiger partial charge in [-0.05, 0) is 18.8 Å². The zero-order valence-corrected chi connectivity index (χ0v) is 9.40. The fourth-order valence-electron chi connectivity index (χ4n) is 3.32. The highest BCUT2D eigenvalue weighted by Crippen LogP contribution is 2.44. The molecule has 0 aromatic carbocycles. The summed E-state index contributed by atoms with van der Waals surface area (Å²) >= 11 is 0. The van der Waals surface area contributed by atoms with E-state index >= 15 is 0 Å². The van der Waals surface area contributed by atoms with Crippen LogP contribution >= 0.6 is 0 Å². The number of rotatable bonds is 2. The summed E-state index contributed by atoms with van der Waals surface area (Å²) in [6.45, 7) is 0.619. The number of hydrogen-bond acceptors (Lipinski definition) is 7. The van der Waals surface area contributed by atoms with Gasteiger partial charge < -0.3 is 9.47 Å². The lowest BCUT2D eigenvalue weighted by Crippen LogP contribution is -2.63. The maximum absolute atomic E-state index is 11.6. The van der Waals surface area contributed by atoms with Crippen molar-refractivity contribution in [3.8, 4) is 0 Å². The molecule has 96 valence electrons. The molecule has 7 heteroatoms. The third kappa shape index (κ3) is 1.40. The predicted octanol–water partition coefficient (Wildman–Crippen LogP) is -1.15. The smallest absolute Gasteiger partial charge is 0.331 e. The molecule has 0 saturated carbocycles. The molecular weight excluding hydrogens is 242 g/mol. The van der Waals surface area contributed by atoms with Gasteiger partial charge in [0.1, 0.15) is 12.1 Å². The summed E-state index contributed by atoms with van der Waals surface area (Å²) in [6.07, 6.45) is 1.17. The summed E-state index contributed by atoms with van der Waals surface area (Å²) in [5.74, 6) is -2.28. The molecule has 4 saturated heterocycles. The fraction of sp³-hybridized carbons (Fsp3) is 0.636. The van der Waals surface area contributed by atoms with Crippen molar-refractivity contribution < 1.29 is 28.7 Å². The lowest BCUT2D eigenvalue weighted by molar-refractivity contribution is -0.165. The molecule has 0 amide bonds. The van der Waals surface area contributed by atoms with Gasteiger partial charge in [-0.1, -0.05) is 0 Å². The van der Waals surface area contributed by atoms with Crippen molar-refractivity contribution in [2.75, 3.05) is 6.54 Å². The zero-order valence-electron chi connectivity index (χ0n) is 9.40. The highest BCUT2D eigenvalue weighted by molar-refractivity contribution is 6.00. The average Bonchev–Trinajstić information content (AvgIpc) is 2.68. The molecule has 4 rings (SSSR count). The highest BCUT2D eigenvalue weighted by Gasteiger charge is 2.60. The molecule has 2 bridgehead atoms. The quantitative estimate of drug-likeness (QED) is 0.348. The van der Waals surface area contributed by atoms with Crippen molar-refractivity contribution in [1.82, 2.24) is 4.90 Å². The third-order valence-electron chi connectivity index (χ3n) is 4.04. The third-order valence-corrected chi connectivity index (χ3v) is 4.04. The molecule has 4 aliphatic rings. The highest BCUT2D eigenvalue weighted by atomic mass is 16.6. The Morgan fingerprint density at radius 1 is 1.39 bits per heavy atom. The van der Waals surface area contributed by atoms with Crippen LogP contribution in [0.2, 0.25) is 0 Å². The molecule has 7 nitrogen and oxygen atoms in total. The maximum atomic E-state index is 11.6. The van der Waals surface area contributed by atoms with Crippen molar-refractivity contribution in [3.05, 3.63) is 0 Å². The van der Waals surface area contributed by atoms with Gasteiger partial charge in [0.05, 0.1) is 5.92 Å². The van der Waals surface area contributed by atoms with E-state index in [4.69, 9.17) is 0 Å². The molecule has 18 heavy (non-hydrogen) atoms. The molecule has 0 N–H and O–H groups in total. The van der Waals surface area contributed by atoms with Crippen molar-refractivity contribution in [2.24, 2.45) is 11.8 Å². The molecule has 0 aliphatic carbocycles. The van der Waals surface area contributed by atoms with Crippen LogP contribution < -0.4 is 0 Å². The molecule has 0 spiro atoms. The Hall–Kier alpha value is -1.76. The molecule has 0 radical (unpaired) electrons. The first-order chi connectivity index (χ1) is 8.63. The summed E-state index contributed by atoms with van der Waals surface area (Å²) in [5, 5.41) is 0. The Morgan fingerprint density at radius 2 is 2.17 bits per heavy atom. The fourth-order valence-corrected chi connectivity index (χ4v) is 3.32. The number of esters is 3. The molecule has 4 heterocycles. The Labute approximate surface area is 102 Å². The van der Waals surface area contributed by atoms with Crippen LogP contribution in [0.1, 0.15) is 12.8 Å². The second kappa shape index (κ2) is 3.88. The lowest BCUT2D eigenvalue weighted by atomic mass is 9.72. The molecule has 5 atom stereocenters. The van der Waals surface area contributed by atoms with Gasteiger partial charge in [0.25, 0.3) is 0 Å². The monoisotopic (exact) mass is 253 g/mol. The van der Waals surface area contributed by atoms with Crippen LogP contribution in [0.5, 0.6) is 0 Å². The minimum Gasteiger partial charge on any atom is -0.394 e. The molecule has 0 aromatic heterocycles. The summed E-state index contributed by atoms with van der Waals surface area (Å²) in [4.78, 5) is 46.7. The van der Waals surface area contributed by atoms with E-state index in [0.29, 0.717) is 13.0 Å². The lowest BCUT2D eigenvalue weighted by Gasteiger charge is -2.48. The molecule has 0 aromatic rings. The Morgan fingerprint density at radius 3 is 2.89 bits per heavy atom. The first-order valence-corrected chi connectivity index (χ1v) is 5.79. The van der Waals surface area contributed by atoms with E-state index in [9.17, 15) is 19.2 Å². The first kappa shape index (κ1) is 11.3. The van der Waals surface area contributed by atoms with E-state index in [2.05, 4.69) is 9.47 Å². The van der Waals surface area contributed by atoms with Gasteiger partial charge in [0.15, 0.2) is 0 Å². The number of fused-ring (bicyclic) bond motifs is 2. The van der Waals surface area contributed by atoms with Crippen molar-refractivity contribution in [3.63, 3.8) is 0 Å². The SMILES string of the molecule is O=COC(=O)C1CC2CCN1C1C(=O)OC(=O)C21. The molecule has 4 aliphatic heterocycles.